The molecule has 20 heavy (non-hydrogen) atoms. The van der Waals surface area contributed by atoms with E-state index < -0.39 is 5.41 Å². The van der Waals surface area contributed by atoms with Crippen LogP contribution in [0.1, 0.15) is 24.6 Å². The molecule has 108 valence electrons. The predicted molar refractivity (Wildman–Crippen MR) is 78.4 cm³/mol. The number of hydrogen-bond acceptors (Lipinski definition) is 4. The van der Waals surface area contributed by atoms with Crippen LogP contribution in [0.25, 0.3) is 0 Å². The zero-order chi connectivity index (χ0) is 14.6. The maximum absolute atomic E-state index is 12.7. The third-order valence-electron chi connectivity index (χ3n) is 4.03. The second-order valence-corrected chi connectivity index (χ2v) is 6.39. The Hall–Kier alpha value is -1.38. The zero-order valence-electron chi connectivity index (χ0n) is 12.0. The minimum absolute atomic E-state index is 0.0626. The summed E-state index contributed by atoms with van der Waals surface area (Å²) in [6.45, 7) is 3.01. The molecule has 1 aromatic rings. The maximum atomic E-state index is 12.7. The molecule has 1 atom stereocenters. The van der Waals surface area contributed by atoms with Gasteiger partial charge in [0.05, 0.1) is 6.07 Å². The summed E-state index contributed by atoms with van der Waals surface area (Å²) in [4.78, 5) is 15.7. The van der Waals surface area contributed by atoms with Crippen molar-refractivity contribution in [3.05, 3.63) is 22.4 Å². The van der Waals surface area contributed by atoms with Gasteiger partial charge >= 0.3 is 0 Å². The maximum Gasteiger partial charge on any atom is 0.243 e. The van der Waals surface area contributed by atoms with Gasteiger partial charge < -0.3 is 9.64 Å². The highest BCUT2D eigenvalue weighted by Gasteiger charge is 2.43. The molecule has 1 fully saturated rings. The van der Waals surface area contributed by atoms with Gasteiger partial charge in [-0.3, -0.25) is 4.79 Å². The van der Waals surface area contributed by atoms with Gasteiger partial charge in [-0.1, -0.05) is 6.07 Å². The fourth-order valence-corrected chi connectivity index (χ4v) is 3.31. The first-order valence-corrected chi connectivity index (χ1v) is 7.76. The summed E-state index contributed by atoms with van der Waals surface area (Å²) < 4.78 is 5.28. The van der Waals surface area contributed by atoms with Gasteiger partial charge in [0.15, 0.2) is 0 Å². The van der Waals surface area contributed by atoms with Crippen LogP contribution in [0.15, 0.2) is 17.5 Å². The molecule has 1 unspecified atom stereocenters. The van der Waals surface area contributed by atoms with Crippen molar-refractivity contribution in [3.63, 3.8) is 0 Å². The molecule has 0 bridgehead atoms. The number of carbonyl (C=O) groups excluding carboxylic acids is 1. The number of nitrogens with zero attached hydrogens (tertiary/aromatic N) is 2. The number of hydrogen-bond donors (Lipinski definition) is 0. The molecule has 0 aliphatic carbocycles. The zero-order valence-corrected chi connectivity index (χ0v) is 12.8. The van der Waals surface area contributed by atoms with Crippen LogP contribution in [-0.2, 0) is 16.0 Å². The summed E-state index contributed by atoms with van der Waals surface area (Å²) >= 11 is 1.70. The SMILES string of the molecule is CC(Cc1cccs1)N(C)C(=O)C1(C#N)CCOCC1. The van der Waals surface area contributed by atoms with Crippen LogP contribution < -0.4 is 0 Å². The van der Waals surface area contributed by atoms with Crippen LogP contribution >= 0.6 is 11.3 Å². The first kappa shape index (κ1) is 15.0. The molecule has 1 saturated heterocycles. The average molecular weight is 292 g/mol. The highest BCUT2D eigenvalue weighted by Crippen LogP contribution is 2.32. The van der Waals surface area contributed by atoms with Crippen LogP contribution in [-0.4, -0.2) is 37.1 Å². The minimum atomic E-state index is -0.892. The third kappa shape index (κ3) is 3.02. The topological polar surface area (TPSA) is 53.3 Å². The molecule has 2 heterocycles. The van der Waals surface area contributed by atoms with E-state index in [9.17, 15) is 10.1 Å². The lowest BCUT2D eigenvalue weighted by Gasteiger charge is -2.35. The largest absolute Gasteiger partial charge is 0.381 e. The molecule has 1 amide bonds. The Kier molecular flexibility index (Phi) is 4.79. The van der Waals surface area contributed by atoms with E-state index in [0.717, 1.165) is 6.42 Å². The van der Waals surface area contributed by atoms with Crippen LogP contribution in [0, 0.1) is 16.7 Å². The summed E-state index contributed by atoms with van der Waals surface area (Å²) in [5.41, 5.74) is -0.892. The Morgan fingerprint density at radius 3 is 2.85 bits per heavy atom. The van der Waals surface area contributed by atoms with E-state index in [0.29, 0.717) is 26.1 Å². The average Bonchev–Trinajstić information content (AvgIpc) is 2.99. The van der Waals surface area contributed by atoms with Crippen molar-refractivity contribution in [2.45, 2.75) is 32.2 Å². The Bertz CT molecular complexity index is 486. The van der Waals surface area contributed by atoms with Crippen molar-refractivity contribution in [3.8, 4) is 6.07 Å². The van der Waals surface area contributed by atoms with Crippen molar-refractivity contribution >= 4 is 17.2 Å². The van der Waals surface area contributed by atoms with Crippen molar-refractivity contribution < 1.29 is 9.53 Å². The van der Waals surface area contributed by atoms with Gasteiger partial charge in [-0.05, 0) is 31.2 Å². The Morgan fingerprint density at radius 2 is 2.30 bits per heavy atom. The summed E-state index contributed by atoms with van der Waals surface area (Å²) in [6.07, 6.45) is 1.83. The molecule has 0 radical (unpaired) electrons. The standard InChI is InChI=1S/C15H20N2O2S/c1-12(10-13-4-3-9-20-13)17(2)14(18)15(11-16)5-7-19-8-6-15/h3-4,9,12H,5-8,10H2,1-2H3. The number of amides is 1. The molecule has 0 N–H and O–H groups in total. The van der Waals surface area contributed by atoms with Crippen LogP contribution in [0.5, 0.6) is 0 Å². The van der Waals surface area contributed by atoms with Gasteiger partial charge in [0, 0.05) is 37.6 Å². The van der Waals surface area contributed by atoms with Gasteiger partial charge in [-0.2, -0.15) is 5.26 Å². The molecular formula is C15H20N2O2S. The molecule has 0 aromatic carbocycles. The van der Waals surface area contributed by atoms with Gasteiger partial charge in [-0.25, -0.2) is 0 Å². The third-order valence-corrected chi connectivity index (χ3v) is 4.93. The van der Waals surface area contributed by atoms with Gasteiger partial charge in [0.1, 0.15) is 5.41 Å². The smallest absolute Gasteiger partial charge is 0.243 e. The van der Waals surface area contributed by atoms with E-state index in [-0.39, 0.29) is 11.9 Å². The highest BCUT2D eigenvalue weighted by atomic mass is 32.1. The number of likely N-dealkylation sites (N-methyl/N-ethyl adjacent to an activating group) is 1. The normalized spacial score (nSPS) is 19.1. The van der Waals surface area contributed by atoms with Gasteiger partial charge in [0.2, 0.25) is 5.91 Å². The van der Waals surface area contributed by atoms with E-state index >= 15 is 0 Å². The fourth-order valence-electron chi connectivity index (χ4n) is 2.49. The van der Waals surface area contributed by atoms with Crippen LogP contribution in [0.4, 0.5) is 0 Å². The first-order valence-electron chi connectivity index (χ1n) is 6.88. The number of nitriles is 1. The fraction of sp³-hybridized carbons (Fsp3) is 0.600. The van der Waals surface area contributed by atoms with Gasteiger partial charge in [-0.15, -0.1) is 11.3 Å². The molecule has 5 heteroatoms. The highest BCUT2D eigenvalue weighted by molar-refractivity contribution is 7.09. The van der Waals surface area contributed by atoms with E-state index in [1.165, 1.54) is 4.88 Å². The Labute approximate surface area is 124 Å². The van der Waals surface area contributed by atoms with Crippen molar-refractivity contribution in [1.82, 2.24) is 4.90 Å². The van der Waals surface area contributed by atoms with E-state index in [4.69, 9.17) is 4.74 Å². The Morgan fingerprint density at radius 1 is 1.60 bits per heavy atom. The second-order valence-electron chi connectivity index (χ2n) is 5.35. The van der Waals surface area contributed by atoms with E-state index in [2.05, 4.69) is 12.1 Å². The van der Waals surface area contributed by atoms with Gasteiger partial charge in [0.25, 0.3) is 0 Å². The molecule has 1 aromatic heterocycles. The van der Waals surface area contributed by atoms with Crippen molar-refractivity contribution in [2.24, 2.45) is 5.41 Å². The molecule has 2 rings (SSSR count). The van der Waals surface area contributed by atoms with Crippen LogP contribution in [0.3, 0.4) is 0 Å². The lowest BCUT2D eigenvalue weighted by Crippen LogP contribution is -2.48. The monoisotopic (exact) mass is 292 g/mol. The quantitative estimate of drug-likeness (QED) is 0.856. The molecular weight excluding hydrogens is 272 g/mol. The van der Waals surface area contributed by atoms with Crippen LogP contribution in [0.2, 0.25) is 0 Å². The minimum Gasteiger partial charge on any atom is -0.381 e. The van der Waals surface area contributed by atoms with E-state index in [1.54, 1.807) is 23.3 Å². The molecule has 1 aliphatic heterocycles. The summed E-state index contributed by atoms with van der Waals surface area (Å²) in [7, 11) is 1.80. The lowest BCUT2D eigenvalue weighted by atomic mass is 9.80. The summed E-state index contributed by atoms with van der Waals surface area (Å²) in [5, 5.41) is 11.5. The predicted octanol–water partition coefficient (Wildman–Crippen LogP) is 2.46. The molecule has 0 saturated carbocycles. The molecule has 1 aliphatic rings. The van der Waals surface area contributed by atoms with E-state index in [1.807, 2.05) is 18.4 Å². The second kappa shape index (κ2) is 6.38. The number of rotatable bonds is 4. The summed E-state index contributed by atoms with van der Waals surface area (Å²) in [5.74, 6) is -0.0626. The summed E-state index contributed by atoms with van der Waals surface area (Å²) in [6, 6.07) is 6.43. The Balaban J connectivity index is 2.05. The number of ether oxygens (including phenoxy) is 1. The number of thiophene rings is 1. The first-order chi connectivity index (χ1) is 9.59. The van der Waals surface area contributed by atoms with Crippen molar-refractivity contribution in [2.75, 3.05) is 20.3 Å². The molecule has 0 spiro atoms. The molecule has 4 nitrogen and oxygen atoms in total. The number of carbonyl (C=O) groups is 1. The lowest BCUT2D eigenvalue weighted by molar-refractivity contribution is -0.143. The van der Waals surface area contributed by atoms with Crippen molar-refractivity contribution in [1.29, 1.82) is 5.26 Å².